The van der Waals surface area contributed by atoms with Crippen LogP contribution in [-0.4, -0.2) is 18.8 Å². The van der Waals surface area contributed by atoms with E-state index in [1.54, 1.807) is 12.1 Å². The van der Waals surface area contributed by atoms with Crippen molar-refractivity contribution >= 4 is 24.5 Å². The number of nitrogens with zero attached hydrogens (tertiary/aromatic N) is 1. The third-order valence-corrected chi connectivity index (χ3v) is 3.17. The van der Waals surface area contributed by atoms with E-state index in [0.29, 0.717) is 12.0 Å². The van der Waals surface area contributed by atoms with Crippen LogP contribution in [0.5, 0.6) is 0 Å². The summed E-state index contributed by atoms with van der Waals surface area (Å²) in [5, 5.41) is 0. The molecule has 0 aromatic heterocycles. The zero-order valence-corrected chi connectivity index (χ0v) is 12.0. The minimum absolute atomic E-state index is 0.679. The van der Waals surface area contributed by atoms with Crippen molar-refractivity contribution in [2.24, 2.45) is 4.99 Å². The van der Waals surface area contributed by atoms with Crippen LogP contribution >= 0.6 is 0 Å². The van der Waals surface area contributed by atoms with Crippen molar-refractivity contribution in [3.05, 3.63) is 29.8 Å². The lowest BCUT2D eigenvalue weighted by Gasteiger charge is -1.98. The summed E-state index contributed by atoms with van der Waals surface area (Å²) >= 11 is 0. The smallest absolute Gasteiger partial charge is 0.150 e. The molecular weight excluding hydrogens is 250 g/mol. The number of rotatable bonds is 11. The van der Waals surface area contributed by atoms with Crippen LogP contribution in [0.3, 0.4) is 0 Å². The number of hydrogen-bond donors (Lipinski definition) is 0. The van der Waals surface area contributed by atoms with Gasteiger partial charge in [0.05, 0.1) is 5.69 Å². The number of aliphatic imine (C=N–C) groups is 1. The first kappa shape index (κ1) is 16.3. The van der Waals surface area contributed by atoms with Gasteiger partial charge >= 0.3 is 0 Å². The monoisotopic (exact) mass is 273 g/mol. The summed E-state index contributed by atoms with van der Waals surface area (Å²) in [6.45, 7) is 0. The van der Waals surface area contributed by atoms with Gasteiger partial charge in [-0.05, 0) is 43.5 Å². The molecule has 0 bridgehead atoms. The Morgan fingerprint density at radius 1 is 0.800 bits per heavy atom. The van der Waals surface area contributed by atoms with Gasteiger partial charge in [-0.3, -0.25) is 9.79 Å². The molecule has 0 saturated carbocycles. The van der Waals surface area contributed by atoms with Crippen molar-refractivity contribution in [1.82, 2.24) is 0 Å². The Labute approximate surface area is 121 Å². The number of benzene rings is 1. The maximum absolute atomic E-state index is 10.5. The molecule has 0 unspecified atom stereocenters. The van der Waals surface area contributed by atoms with Crippen molar-refractivity contribution in [2.45, 2.75) is 51.4 Å². The molecule has 0 N–H and O–H groups in total. The first-order valence-corrected chi connectivity index (χ1v) is 7.38. The van der Waals surface area contributed by atoms with E-state index in [4.69, 9.17) is 0 Å². The van der Waals surface area contributed by atoms with Gasteiger partial charge in [-0.2, -0.15) is 0 Å². The van der Waals surface area contributed by atoms with Gasteiger partial charge in [0, 0.05) is 18.2 Å². The van der Waals surface area contributed by atoms with Gasteiger partial charge < -0.3 is 4.79 Å². The van der Waals surface area contributed by atoms with E-state index in [1.807, 2.05) is 18.3 Å². The molecular formula is C17H23NO2. The molecule has 0 aliphatic carbocycles. The Balaban J connectivity index is 2.03. The minimum Gasteiger partial charge on any atom is -0.303 e. The molecule has 0 atom stereocenters. The number of carbonyl (C=O) groups excluding carboxylic acids is 2. The Morgan fingerprint density at radius 2 is 1.40 bits per heavy atom. The molecule has 0 aliphatic heterocycles. The summed E-state index contributed by atoms with van der Waals surface area (Å²) in [5.74, 6) is 0. The predicted molar refractivity (Wildman–Crippen MR) is 83.0 cm³/mol. The highest BCUT2D eigenvalue weighted by molar-refractivity contribution is 5.75. The summed E-state index contributed by atoms with van der Waals surface area (Å²) in [7, 11) is 0. The van der Waals surface area contributed by atoms with Crippen LogP contribution in [0, 0.1) is 0 Å². The molecule has 1 rings (SSSR count). The first-order valence-electron chi connectivity index (χ1n) is 7.38. The molecule has 0 aliphatic rings. The molecule has 3 heteroatoms. The fraction of sp³-hybridized carbons (Fsp3) is 0.471. The normalized spacial score (nSPS) is 10.8. The summed E-state index contributed by atoms with van der Waals surface area (Å²) < 4.78 is 0. The molecule has 0 radical (unpaired) electrons. The van der Waals surface area contributed by atoms with Gasteiger partial charge in [0.1, 0.15) is 12.6 Å². The Bertz CT molecular complexity index is 410. The Hall–Kier alpha value is -1.77. The first-order chi connectivity index (χ1) is 9.86. The molecule has 1 aromatic rings. The zero-order chi connectivity index (χ0) is 14.5. The summed E-state index contributed by atoms with van der Waals surface area (Å²) in [6.07, 6.45) is 12.5. The zero-order valence-electron chi connectivity index (χ0n) is 12.0. The molecule has 0 fully saturated rings. The van der Waals surface area contributed by atoms with Crippen LogP contribution in [0.25, 0.3) is 0 Å². The van der Waals surface area contributed by atoms with E-state index < -0.39 is 0 Å². The van der Waals surface area contributed by atoms with Gasteiger partial charge in [0.15, 0.2) is 0 Å². The van der Waals surface area contributed by atoms with Crippen molar-refractivity contribution in [3.63, 3.8) is 0 Å². The lowest BCUT2D eigenvalue weighted by Crippen LogP contribution is -1.82. The summed E-state index contributed by atoms with van der Waals surface area (Å²) in [5.41, 5.74) is 1.57. The Kier molecular flexibility index (Phi) is 9.03. The van der Waals surface area contributed by atoms with Gasteiger partial charge in [-0.25, -0.2) is 0 Å². The largest absolute Gasteiger partial charge is 0.303 e. The van der Waals surface area contributed by atoms with Gasteiger partial charge in [0.2, 0.25) is 0 Å². The minimum atomic E-state index is 0.679. The van der Waals surface area contributed by atoms with E-state index in [2.05, 4.69) is 4.99 Å². The summed E-state index contributed by atoms with van der Waals surface area (Å²) in [4.78, 5) is 25.0. The van der Waals surface area contributed by atoms with Crippen molar-refractivity contribution in [3.8, 4) is 0 Å². The fourth-order valence-corrected chi connectivity index (χ4v) is 1.98. The second-order valence-electron chi connectivity index (χ2n) is 4.89. The van der Waals surface area contributed by atoms with E-state index in [0.717, 1.165) is 43.9 Å². The number of aldehydes is 2. The van der Waals surface area contributed by atoms with Crippen molar-refractivity contribution < 1.29 is 9.59 Å². The molecule has 20 heavy (non-hydrogen) atoms. The van der Waals surface area contributed by atoms with Crippen LogP contribution in [0.1, 0.15) is 61.7 Å². The highest BCUT2D eigenvalue weighted by Crippen LogP contribution is 2.12. The lowest BCUT2D eigenvalue weighted by atomic mass is 10.1. The second kappa shape index (κ2) is 11.1. The average molecular weight is 273 g/mol. The molecule has 0 saturated heterocycles. The maximum atomic E-state index is 10.5. The van der Waals surface area contributed by atoms with E-state index >= 15 is 0 Å². The quantitative estimate of drug-likeness (QED) is 0.338. The Morgan fingerprint density at radius 3 is 2.00 bits per heavy atom. The molecule has 3 nitrogen and oxygen atoms in total. The molecule has 108 valence electrons. The van der Waals surface area contributed by atoms with Crippen LogP contribution in [0.2, 0.25) is 0 Å². The molecule has 1 aromatic carbocycles. The highest BCUT2D eigenvalue weighted by atomic mass is 16.1. The fourth-order valence-electron chi connectivity index (χ4n) is 1.98. The van der Waals surface area contributed by atoms with Crippen molar-refractivity contribution in [1.29, 1.82) is 0 Å². The van der Waals surface area contributed by atoms with Crippen LogP contribution in [0.4, 0.5) is 5.69 Å². The van der Waals surface area contributed by atoms with Crippen LogP contribution in [0.15, 0.2) is 29.3 Å². The topological polar surface area (TPSA) is 46.5 Å². The molecule has 0 spiro atoms. The standard InChI is InChI=1S/C17H23NO2/c19-14-8-6-4-2-1-3-5-7-13-18-17-11-9-16(15-20)10-12-17/h9-15H,1-8H2. The number of hydrogen-bond acceptors (Lipinski definition) is 3. The van der Waals surface area contributed by atoms with E-state index in [1.165, 1.54) is 19.3 Å². The number of unbranched alkanes of at least 4 members (excludes halogenated alkanes) is 7. The maximum Gasteiger partial charge on any atom is 0.150 e. The van der Waals surface area contributed by atoms with Gasteiger partial charge in [-0.1, -0.05) is 25.7 Å². The summed E-state index contributed by atoms with van der Waals surface area (Å²) in [6, 6.07) is 7.26. The number of carbonyl (C=O) groups is 2. The SMILES string of the molecule is O=CCCCCCCCCC=Nc1ccc(C=O)cc1. The average Bonchev–Trinajstić information content (AvgIpc) is 2.50. The van der Waals surface area contributed by atoms with E-state index in [9.17, 15) is 9.59 Å². The third kappa shape index (κ3) is 7.62. The van der Waals surface area contributed by atoms with E-state index in [-0.39, 0.29) is 0 Å². The lowest BCUT2D eigenvalue weighted by molar-refractivity contribution is -0.107. The second-order valence-corrected chi connectivity index (χ2v) is 4.89. The molecule has 0 amide bonds. The van der Waals surface area contributed by atoms with Crippen LogP contribution in [-0.2, 0) is 4.79 Å². The molecule has 0 heterocycles. The van der Waals surface area contributed by atoms with Crippen LogP contribution < -0.4 is 0 Å². The van der Waals surface area contributed by atoms with Crippen molar-refractivity contribution in [2.75, 3.05) is 0 Å². The highest BCUT2D eigenvalue weighted by Gasteiger charge is 1.92. The predicted octanol–water partition coefficient (Wildman–Crippen LogP) is 4.52. The van der Waals surface area contributed by atoms with Gasteiger partial charge in [-0.15, -0.1) is 0 Å². The third-order valence-electron chi connectivity index (χ3n) is 3.17. The van der Waals surface area contributed by atoms with Gasteiger partial charge in [0.25, 0.3) is 0 Å².